The number of aromatic nitrogens is 4. The van der Waals surface area contributed by atoms with Crippen molar-refractivity contribution >= 4 is 0 Å². The van der Waals surface area contributed by atoms with E-state index in [0.717, 1.165) is 38.8 Å². The van der Waals surface area contributed by atoms with E-state index in [9.17, 15) is 0 Å². The maximum atomic E-state index is 4.41. The fourth-order valence-electron chi connectivity index (χ4n) is 2.83. The molecule has 0 amide bonds. The number of nitrogens with zero attached hydrogens (tertiary/aromatic N) is 4. The number of unbranched alkanes of at least 4 members (excludes halogenated alkanes) is 1. The second kappa shape index (κ2) is 8.39. The molecular formula is C20H25N4+. The van der Waals surface area contributed by atoms with Gasteiger partial charge in [0, 0.05) is 6.42 Å². The zero-order valence-corrected chi connectivity index (χ0v) is 14.3. The van der Waals surface area contributed by atoms with E-state index in [0.29, 0.717) is 0 Å². The van der Waals surface area contributed by atoms with Crippen LogP contribution in [0.3, 0.4) is 0 Å². The van der Waals surface area contributed by atoms with Crippen molar-refractivity contribution in [3.05, 3.63) is 77.6 Å². The Labute approximate surface area is 143 Å². The molecule has 0 unspecified atom stereocenters. The van der Waals surface area contributed by atoms with E-state index in [1.807, 2.05) is 0 Å². The average Bonchev–Trinajstić information content (AvgIpc) is 3.01. The van der Waals surface area contributed by atoms with Crippen LogP contribution in [-0.2, 0) is 25.9 Å². The molecule has 0 bridgehead atoms. The minimum absolute atomic E-state index is 0.859. The monoisotopic (exact) mass is 321 g/mol. The molecule has 0 saturated heterocycles. The Bertz CT molecular complexity index is 735. The van der Waals surface area contributed by atoms with Gasteiger partial charge < -0.3 is 0 Å². The zero-order chi connectivity index (χ0) is 16.6. The lowest BCUT2D eigenvalue weighted by molar-refractivity contribution is -0.761. The summed E-state index contributed by atoms with van der Waals surface area (Å²) in [4.78, 5) is 0. The zero-order valence-electron chi connectivity index (χ0n) is 14.3. The van der Waals surface area contributed by atoms with Crippen molar-refractivity contribution in [3.63, 3.8) is 0 Å². The van der Waals surface area contributed by atoms with Crippen molar-refractivity contribution in [2.75, 3.05) is 0 Å². The van der Waals surface area contributed by atoms with Gasteiger partial charge in [0.25, 0.3) is 5.82 Å². The first-order valence-electron chi connectivity index (χ1n) is 8.77. The molecule has 24 heavy (non-hydrogen) atoms. The molecule has 0 aliphatic carbocycles. The molecule has 0 aliphatic rings. The summed E-state index contributed by atoms with van der Waals surface area (Å²) >= 11 is 0. The highest BCUT2D eigenvalue weighted by molar-refractivity contribution is 5.18. The van der Waals surface area contributed by atoms with Gasteiger partial charge in [-0.25, -0.2) is 0 Å². The van der Waals surface area contributed by atoms with E-state index in [2.05, 4.69) is 87.4 Å². The Morgan fingerprint density at radius 1 is 0.917 bits per heavy atom. The molecule has 0 spiro atoms. The predicted octanol–water partition coefficient (Wildman–Crippen LogP) is 3.20. The molecule has 1 aromatic heterocycles. The summed E-state index contributed by atoms with van der Waals surface area (Å²) in [5, 5.41) is 8.80. The van der Waals surface area contributed by atoms with Crippen molar-refractivity contribution in [2.45, 2.75) is 45.7 Å². The molecule has 2 aromatic carbocycles. The van der Waals surface area contributed by atoms with Crippen molar-refractivity contribution in [2.24, 2.45) is 0 Å². The van der Waals surface area contributed by atoms with Crippen LogP contribution in [0.5, 0.6) is 0 Å². The molecule has 124 valence electrons. The van der Waals surface area contributed by atoms with Crippen LogP contribution in [0.2, 0.25) is 0 Å². The first-order valence-corrected chi connectivity index (χ1v) is 8.77. The fraction of sp³-hybridized carbons (Fsp3) is 0.350. The molecule has 0 N–H and O–H groups in total. The van der Waals surface area contributed by atoms with E-state index in [4.69, 9.17) is 0 Å². The van der Waals surface area contributed by atoms with Gasteiger partial charge in [-0.15, -0.1) is 4.68 Å². The van der Waals surface area contributed by atoms with Gasteiger partial charge in [0.2, 0.25) is 0 Å². The molecule has 4 heteroatoms. The number of tetrazole rings is 1. The third kappa shape index (κ3) is 4.28. The van der Waals surface area contributed by atoms with Crippen LogP contribution in [0.15, 0.2) is 60.7 Å². The summed E-state index contributed by atoms with van der Waals surface area (Å²) in [6.45, 7) is 4.00. The summed E-state index contributed by atoms with van der Waals surface area (Å²) < 4.78 is 4.14. The maximum Gasteiger partial charge on any atom is 0.261 e. The highest BCUT2D eigenvalue weighted by Crippen LogP contribution is 2.07. The van der Waals surface area contributed by atoms with E-state index in [-0.39, 0.29) is 0 Å². The topological polar surface area (TPSA) is 34.6 Å². The largest absolute Gasteiger partial charge is 0.261 e. The Morgan fingerprint density at radius 3 is 2.25 bits per heavy atom. The summed E-state index contributed by atoms with van der Waals surface area (Å²) in [6.07, 6.45) is 4.13. The maximum absolute atomic E-state index is 4.41. The summed E-state index contributed by atoms with van der Waals surface area (Å²) in [6, 6.07) is 21.1. The van der Waals surface area contributed by atoms with Gasteiger partial charge in [-0.1, -0.05) is 78.7 Å². The minimum Gasteiger partial charge on any atom is -0.137 e. The Balaban J connectivity index is 1.78. The summed E-state index contributed by atoms with van der Waals surface area (Å²) in [5.74, 6) is 1.19. The molecule has 3 rings (SSSR count). The van der Waals surface area contributed by atoms with Crippen LogP contribution in [-0.4, -0.2) is 15.1 Å². The summed E-state index contributed by atoms with van der Waals surface area (Å²) in [5.41, 5.74) is 2.63. The molecular weight excluding hydrogens is 296 g/mol. The predicted molar refractivity (Wildman–Crippen MR) is 94.5 cm³/mol. The summed E-state index contributed by atoms with van der Waals surface area (Å²) in [7, 11) is 0. The van der Waals surface area contributed by atoms with Crippen molar-refractivity contribution in [1.29, 1.82) is 0 Å². The lowest BCUT2D eigenvalue weighted by Gasteiger charge is -2.03. The van der Waals surface area contributed by atoms with Crippen LogP contribution in [0.25, 0.3) is 0 Å². The van der Waals surface area contributed by atoms with Crippen LogP contribution in [0, 0.1) is 0 Å². The van der Waals surface area contributed by atoms with Crippen LogP contribution in [0.4, 0.5) is 0 Å². The second-order valence-corrected chi connectivity index (χ2v) is 6.09. The number of hydrogen-bond donors (Lipinski definition) is 0. The number of aryl methyl sites for hydroxylation is 3. The molecule has 0 saturated carbocycles. The molecule has 0 atom stereocenters. The third-order valence-corrected chi connectivity index (χ3v) is 4.24. The van der Waals surface area contributed by atoms with Gasteiger partial charge in [0.05, 0.1) is 13.0 Å². The normalized spacial score (nSPS) is 10.9. The quantitative estimate of drug-likeness (QED) is 0.597. The van der Waals surface area contributed by atoms with Crippen molar-refractivity contribution < 1.29 is 4.68 Å². The minimum atomic E-state index is 0.859. The third-order valence-electron chi connectivity index (χ3n) is 4.24. The van der Waals surface area contributed by atoms with E-state index < -0.39 is 0 Å². The van der Waals surface area contributed by atoms with Gasteiger partial charge in [-0.05, 0) is 17.5 Å². The fourth-order valence-corrected chi connectivity index (χ4v) is 2.83. The SMILES string of the molecule is CCCC[n+]1nnn(CCc2ccccc2)c1Cc1ccccc1. The lowest BCUT2D eigenvalue weighted by atomic mass is 10.1. The van der Waals surface area contributed by atoms with Crippen molar-refractivity contribution in [1.82, 2.24) is 15.1 Å². The number of benzene rings is 2. The Hall–Kier alpha value is -2.49. The highest BCUT2D eigenvalue weighted by Gasteiger charge is 2.20. The van der Waals surface area contributed by atoms with E-state index in [1.54, 1.807) is 0 Å². The van der Waals surface area contributed by atoms with E-state index >= 15 is 0 Å². The lowest BCUT2D eigenvalue weighted by Crippen LogP contribution is -2.41. The molecule has 3 aromatic rings. The first kappa shape index (κ1) is 16.4. The Morgan fingerprint density at radius 2 is 1.58 bits per heavy atom. The van der Waals surface area contributed by atoms with Gasteiger partial charge in [0.1, 0.15) is 11.8 Å². The van der Waals surface area contributed by atoms with Gasteiger partial charge in [-0.2, -0.15) is 0 Å². The number of rotatable bonds is 8. The van der Waals surface area contributed by atoms with Crippen LogP contribution >= 0.6 is 0 Å². The second-order valence-electron chi connectivity index (χ2n) is 6.09. The molecule has 0 radical (unpaired) electrons. The Kier molecular flexibility index (Phi) is 5.72. The highest BCUT2D eigenvalue weighted by atomic mass is 15.6. The van der Waals surface area contributed by atoms with Gasteiger partial charge in [-0.3, -0.25) is 0 Å². The van der Waals surface area contributed by atoms with Gasteiger partial charge >= 0.3 is 0 Å². The van der Waals surface area contributed by atoms with E-state index in [1.165, 1.54) is 17.0 Å². The standard InChI is InChI=1S/C20H25N4/c1-2-3-15-23-20(17-19-12-8-5-9-13-19)24(22-21-23)16-14-18-10-6-4-7-11-18/h4-13H,2-3,14-17H2,1H3/q+1. The molecule has 1 heterocycles. The average molecular weight is 321 g/mol. The van der Waals surface area contributed by atoms with Crippen LogP contribution in [0.1, 0.15) is 36.7 Å². The molecule has 4 nitrogen and oxygen atoms in total. The van der Waals surface area contributed by atoms with Crippen LogP contribution < -0.4 is 4.68 Å². The first-order chi connectivity index (χ1) is 11.9. The van der Waals surface area contributed by atoms with Crippen molar-refractivity contribution in [3.8, 4) is 0 Å². The van der Waals surface area contributed by atoms with Gasteiger partial charge in [0.15, 0.2) is 5.21 Å². The number of hydrogen-bond acceptors (Lipinski definition) is 2. The smallest absolute Gasteiger partial charge is 0.137 e. The molecule has 0 aliphatic heterocycles. The molecule has 0 fully saturated rings.